The van der Waals surface area contributed by atoms with Gasteiger partial charge in [0.1, 0.15) is 4.32 Å². The van der Waals surface area contributed by atoms with Crippen LogP contribution in [0.15, 0.2) is 23.1 Å². The lowest BCUT2D eigenvalue weighted by molar-refractivity contribution is -0.311. The molecule has 0 radical (unpaired) electrons. The molecule has 8 heteroatoms. The summed E-state index contributed by atoms with van der Waals surface area (Å²) in [4.78, 5) is 25.4. The van der Waals surface area contributed by atoms with Gasteiger partial charge in [0.15, 0.2) is 11.5 Å². The zero-order valence-corrected chi connectivity index (χ0v) is 15.6. The standard InChI is InChI=1S/C17H19NO5S2/c1-4-23-12-7-10(5-6-11(12)19)8-13-15(20)18(17(24)25-13)14(9(2)3)16(21)22/h5-9,14,19H,4H2,1-3H3,(H,21,22)/p-1/b13-8-/t14-/m1/s1. The van der Waals surface area contributed by atoms with Gasteiger partial charge in [-0.3, -0.25) is 9.69 Å². The summed E-state index contributed by atoms with van der Waals surface area (Å²) in [6.45, 7) is 5.57. The Morgan fingerprint density at radius 3 is 2.72 bits per heavy atom. The molecule has 0 aliphatic carbocycles. The Morgan fingerprint density at radius 2 is 2.16 bits per heavy atom. The maximum absolute atomic E-state index is 12.6. The molecule has 1 heterocycles. The van der Waals surface area contributed by atoms with Gasteiger partial charge in [0.25, 0.3) is 5.91 Å². The summed E-state index contributed by atoms with van der Waals surface area (Å²) >= 11 is 6.22. The van der Waals surface area contributed by atoms with Gasteiger partial charge < -0.3 is 19.7 Å². The first-order valence-electron chi connectivity index (χ1n) is 7.70. The van der Waals surface area contributed by atoms with Gasteiger partial charge in [0, 0.05) is 0 Å². The fourth-order valence-electron chi connectivity index (χ4n) is 2.44. The number of carboxylic acids is 1. The second-order valence-electron chi connectivity index (χ2n) is 5.72. The van der Waals surface area contributed by atoms with Crippen LogP contribution in [-0.4, -0.2) is 38.9 Å². The Bertz CT molecular complexity index is 745. The van der Waals surface area contributed by atoms with Crippen LogP contribution in [0.5, 0.6) is 11.5 Å². The SMILES string of the molecule is CCOc1cc(/C=C2\SC(=S)N([C@@H](C(=O)[O-])C(C)C)C2=O)ccc1O. The molecule has 1 saturated heterocycles. The third-order valence-electron chi connectivity index (χ3n) is 3.56. The Labute approximate surface area is 155 Å². The maximum Gasteiger partial charge on any atom is 0.266 e. The number of carbonyl (C=O) groups excluding carboxylic acids is 2. The highest BCUT2D eigenvalue weighted by atomic mass is 32.2. The zero-order chi connectivity index (χ0) is 18.7. The van der Waals surface area contributed by atoms with E-state index in [0.29, 0.717) is 22.8 Å². The molecule has 1 fully saturated rings. The highest BCUT2D eigenvalue weighted by Crippen LogP contribution is 2.36. The number of carboxylic acid groups (broad SMARTS) is 1. The first-order chi connectivity index (χ1) is 11.8. The number of nitrogens with zero attached hydrogens (tertiary/aromatic N) is 1. The predicted octanol–water partition coefficient (Wildman–Crippen LogP) is 1.77. The summed E-state index contributed by atoms with van der Waals surface area (Å²) in [6, 6.07) is 3.58. The summed E-state index contributed by atoms with van der Waals surface area (Å²) in [5.41, 5.74) is 0.635. The van der Waals surface area contributed by atoms with Crippen molar-refractivity contribution >= 4 is 46.3 Å². The quantitative estimate of drug-likeness (QED) is 0.594. The second-order valence-corrected chi connectivity index (χ2v) is 7.40. The van der Waals surface area contributed by atoms with E-state index in [1.807, 2.05) is 0 Å². The number of carbonyl (C=O) groups is 2. The molecule has 1 aromatic carbocycles. The van der Waals surface area contributed by atoms with E-state index in [2.05, 4.69) is 0 Å². The van der Waals surface area contributed by atoms with E-state index >= 15 is 0 Å². The fraction of sp³-hybridized carbons (Fsp3) is 0.353. The molecule has 1 N–H and O–H groups in total. The molecule has 25 heavy (non-hydrogen) atoms. The summed E-state index contributed by atoms with van der Waals surface area (Å²) < 4.78 is 5.50. The predicted molar refractivity (Wildman–Crippen MR) is 97.9 cm³/mol. The first kappa shape index (κ1) is 19.3. The van der Waals surface area contributed by atoms with E-state index in [1.54, 1.807) is 39.0 Å². The number of thioether (sulfide) groups is 1. The van der Waals surface area contributed by atoms with Crippen LogP contribution in [-0.2, 0) is 9.59 Å². The molecule has 0 aromatic heterocycles. The van der Waals surface area contributed by atoms with Crippen molar-refractivity contribution in [3.63, 3.8) is 0 Å². The van der Waals surface area contributed by atoms with E-state index in [4.69, 9.17) is 17.0 Å². The monoisotopic (exact) mass is 380 g/mol. The molecule has 0 saturated carbocycles. The maximum atomic E-state index is 12.6. The Kier molecular flexibility index (Phi) is 6.07. The minimum Gasteiger partial charge on any atom is -0.548 e. The summed E-state index contributed by atoms with van der Waals surface area (Å²) in [6.07, 6.45) is 1.59. The molecule has 0 bridgehead atoms. The van der Waals surface area contributed by atoms with Crippen molar-refractivity contribution in [1.29, 1.82) is 0 Å². The van der Waals surface area contributed by atoms with Crippen LogP contribution < -0.4 is 9.84 Å². The topological polar surface area (TPSA) is 89.9 Å². The van der Waals surface area contributed by atoms with E-state index in [-0.39, 0.29) is 16.0 Å². The van der Waals surface area contributed by atoms with Crippen LogP contribution in [0.1, 0.15) is 26.3 Å². The van der Waals surface area contributed by atoms with Gasteiger partial charge in [-0.1, -0.05) is 43.9 Å². The third-order valence-corrected chi connectivity index (χ3v) is 4.89. The number of ether oxygens (including phenoxy) is 1. The number of hydrogen-bond acceptors (Lipinski definition) is 7. The van der Waals surface area contributed by atoms with Crippen molar-refractivity contribution in [3.8, 4) is 11.5 Å². The molecule has 1 aromatic rings. The van der Waals surface area contributed by atoms with Crippen LogP contribution in [0.3, 0.4) is 0 Å². The second kappa shape index (κ2) is 7.88. The lowest BCUT2D eigenvalue weighted by Gasteiger charge is -2.30. The lowest BCUT2D eigenvalue weighted by Crippen LogP contribution is -2.52. The van der Waals surface area contributed by atoms with Crippen LogP contribution in [0.2, 0.25) is 0 Å². The number of thiocarbonyl (C=S) groups is 1. The summed E-state index contributed by atoms with van der Waals surface area (Å²) in [5.74, 6) is -1.84. The van der Waals surface area contributed by atoms with Crippen molar-refractivity contribution in [2.24, 2.45) is 5.92 Å². The third kappa shape index (κ3) is 4.13. The van der Waals surface area contributed by atoms with Crippen molar-refractivity contribution in [2.75, 3.05) is 6.61 Å². The summed E-state index contributed by atoms with van der Waals surface area (Å²) in [5, 5.41) is 21.1. The average molecular weight is 380 g/mol. The van der Waals surface area contributed by atoms with Gasteiger partial charge in [-0.2, -0.15) is 0 Å². The van der Waals surface area contributed by atoms with Gasteiger partial charge in [0.05, 0.1) is 23.5 Å². The number of hydrogen-bond donors (Lipinski definition) is 1. The van der Waals surface area contributed by atoms with Crippen molar-refractivity contribution in [3.05, 3.63) is 28.7 Å². The van der Waals surface area contributed by atoms with Gasteiger partial charge in [-0.25, -0.2) is 0 Å². The van der Waals surface area contributed by atoms with Crippen molar-refractivity contribution in [2.45, 2.75) is 26.8 Å². The van der Waals surface area contributed by atoms with Gasteiger partial charge >= 0.3 is 0 Å². The summed E-state index contributed by atoms with van der Waals surface area (Å²) in [7, 11) is 0. The average Bonchev–Trinajstić information content (AvgIpc) is 2.78. The molecule has 1 atom stereocenters. The van der Waals surface area contributed by atoms with Crippen LogP contribution in [0.4, 0.5) is 0 Å². The Balaban J connectivity index is 2.34. The number of benzene rings is 1. The van der Waals surface area contributed by atoms with Crippen LogP contribution in [0, 0.1) is 5.92 Å². The minimum absolute atomic E-state index is 0.00312. The van der Waals surface area contributed by atoms with Crippen molar-refractivity contribution in [1.82, 2.24) is 4.90 Å². The smallest absolute Gasteiger partial charge is 0.266 e. The van der Waals surface area contributed by atoms with Gasteiger partial charge in [0.2, 0.25) is 0 Å². The molecule has 2 rings (SSSR count). The van der Waals surface area contributed by atoms with Gasteiger partial charge in [-0.15, -0.1) is 0 Å². The number of phenolic OH excluding ortho intramolecular Hbond substituents is 1. The molecule has 134 valence electrons. The molecule has 0 spiro atoms. The molecule has 1 aliphatic heterocycles. The van der Waals surface area contributed by atoms with Crippen LogP contribution >= 0.6 is 24.0 Å². The van der Waals surface area contributed by atoms with Crippen LogP contribution in [0.25, 0.3) is 6.08 Å². The minimum atomic E-state index is -1.34. The number of amides is 1. The van der Waals surface area contributed by atoms with E-state index in [9.17, 15) is 19.8 Å². The molecule has 0 unspecified atom stereocenters. The molecule has 6 nitrogen and oxygen atoms in total. The molecule has 1 amide bonds. The Morgan fingerprint density at radius 1 is 1.48 bits per heavy atom. The number of rotatable bonds is 6. The lowest BCUT2D eigenvalue weighted by atomic mass is 10.0. The largest absolute Gasteiger partial charge is 0.548 e. The number of aromatic hydroxyl groups is 1. The number of phenols is 1. The normalized spacial score (nSPS) is 17.4. The fourth-order valence-corrected chi connectivity index (χ4v) is 3.77. The molecular formula is C17H18NO5S2-. The highest BCUT2D eigenvalue weighted by molar-refractivity contribution is 8.26. The first-order valence-corrected chi connectivity index (χ1v) is 8.92. The van der Waals surface area contributed by atoms with Gasteiger partial charge in [-0.05, 0) is 36.6 Å². The van der Waals surface area contributed by atoms with E-state index in [1.165, 1.54) is 6.07 Å². The van der Waals surface area contributed by atoms with Crippen molar-refractivity contribution < 1.29 is 24.5 Å². The molecular weight excluding hydrogens is 362 g/mol. The highest BCUT2D eigenvalue weighted by Gasteiger charge is 2.39. The molecule has 1 aliphatic rings. The Hall–Kier alpha value is -2.06. The van der Waals surface area contributed by atoms with E-state index in [0.717, 1.165) is 16.7 Å². The van der Waals surface area contributed by atoms with E-state index < -0.39 is 17.9 Å². The number of aliphatic carboxylic acids is 1. The zero-order valence-electron chi connectivity index (χ0n) is 14.0.